The van der Waals surface area contributed by atoms with E-state index in [1.54, 1.807) is 17.9 Å². The van der Waals surface area contributed by atoms with Gasteiger partial charge in [0.25, 0.3) is 11.4 Å². The van der Waals surface area contributed by atoms with Gasteiger partial charge in [0.2, 0.25) is 5.82 Å². The molecule has 0 aliphatic rings. The first kappa shape index (κ1) is 22.4. The summed E-state index contributed by atoms with van der Waals surface area (Å²) in [7, 11) is 1.59. The van der Waals surface area contributed by atoms with Gasteiger partial charge in [0.05, 0.1) is 19.3 Å². The molecule has 0 atom stereocenters. The molecule has 0 radical (unpaired) electrons. The molecule has 35 heavy (non-hydrogen) atoms. The van der Waals surface area contributed by atoms with E-state index in [1.165, 1.54) is 5.56 Å². The van der Waals surface area contributed by atoms with Gasteiger partial charge in [-0.25, -0.2) is 0 Å². The van der Waals surface area contributed by atoms with Crippen molar-refractivity contribution in [3.63, 3.8) is 0 Å². The fourth-order valence-electron chi connectivity index (χ4n) is 4.08. The van der Waals surface area contributed by atoms with Gasteiger partial charge >= 0.3 is 0 Å². The predicted octanol–water partition coefficient (Wildman–Crippen LogP) is 5.68. The van der Waals surface area contributed by atoms with Gasteiger partial charge in [-0.15, -0.1) is 0 Å². The molecule has 0 N–H and O–H groups in total. The summed E-state index contributed by atoms with van der Waals surface area (Å²) in [4.78, 5) is 18.0. The molecule has 2 aromatic heterocycles. The van der Waals surface area contributed by atoms with Crippen LogP contribution in [0.1, 0.15) is 19.4 Å². The van der Waals surface area contributed by atoms with E-state index in [9.17, 15) is 4.79 Å². The average Bonchev–Trinajstić information content (AvgIpc) is 3.40. The molecule has 0 bridgehead atoms. The number of benzene rings is 3. The van der Waals surface area contributed by atoms with E-state index < -0.39 is 0 Å². The molecule has 5 aromatic rings. The molecule has 0 amide bonds. The molecule has 0 aliphatic heterocycles. The summed E-state index contributed by atoms with van der Waals surface area (Å²) in [5.74, 6) is 1.97. The van der Waals surface area contributed by atoms with Gasteiger partial charge in [0, 0.05) is 28.2 Å². The largest absolute Gasteiger partial charge is 0.493 e. The quantitative estimate of drug-likeness (QED) is 0.307. The van der Waals surface area contributed by atoms with Crippen LogP contribution in [0, 0.1) is 0 Å². The van der Waals surface area contributed by atoms with E-state index in [0.29, 0.717) is 40.8 Å². The number of aryl methyl sites for hydroxylation is 1. The topological polar surface area (TPSA) is 79.4 Å². The summed E-state index contributed by atoms with van der Waals surface area (Å²) in [6.07, 6.45) is 2.70. The Kier molecular flexibility index (Phi) is 6.06. The van der Waals surface area contributed by atoms with Crippen molar-refractivity contribution < 1.29 is 14.0 Å². The highest BCUT2D eigenvalue weighted by molar-refractivity contribution is 5.94. The van der Waals surface area contributed by atoms with Gasteiger partial charge in [-0.3, -0.25) is 9.36 Å². The highest BCUT2D eigenvalue weighted by atomic mass is 16.5. The Hall–Kier alpha value is -4.39. The van der Waals surface area contributed by atoms with Gasteiger partial charge in [-0.05, 0) is 55.3 Å². The van der Waals surface area contributed by atoms with Crippen LogP contribution in [0.5, 0.6) is 11.5 Å². The number of hydrogen-bond donors (Lipinski definition) is 0. The average molecular weight is 468 g/mol. The number of fused-ring (bicyclic) bond motifs is 1. The van der Waals surface area contributed by atoms with Crippen LogP contribution < -0.4 is 15.0 Å². The first-order chi connectivity index (χ1) is 17.1. The molecule has 0 fully saturated rings. The lowest BCUT2D eigenvalue weighted by atomic mass is 10.1. The van der Waals surface area contributed by atoms with Crippen LogP contribution in [0.2, 0.25) is 0 Å². The number of methoxy groups -OCH3 is 1. The van der Waals surface area contributed by atoms with Crippen molar-refractivity contribution in [1.82, 2.24) is 14.7 Å². The minimum atomic E-state index is -0.107. The Morgan fingerprint density at radius 3 is 2.43 bits per heavy atom. The molecule has 0 aliphatic carbocycles. The van der Waals surface area contributed by atoms with Crippen LogP contribution in [0.25, 0.3) is 39.3 Å². The van der Waals surface area contributed by atoms with Crippen LogP contribution in [-0.2, 0) is 6.42 Å². The van der Waals surface area contributed by atoms with Crippen LogP contribution in [0.4, 0.5) is 0 Å². The van der Waals surface area contributed by atoms with Gasteiger partial charge in [0.15, 0.2) is 11.5 Å². The van der Waals surface area contributed by atoms with Crippen molar-refractivity contribution in [1.29, 1.82) is 0 Å². The Balaban J connectivity index is 1.63. The molecular weight excluding hydrogens is 442 g/mol. The van der Waals surface area contributed by atoms with Crippen molar-refractivity contribution in [2.45, 2.75) is 20.3 Å². The van der Waals surface area contributed by atoms with E-state index in [4.69, 9.17) is 14.0 Å². The molecule has 3 aromatic carbocycles. The molecule has 7 heteroatoms. The van der Waals surface area contributed by atoms with E-state index in [2.05, 4.69) is 17.1 Å². The summed E-state index contributed by atoms with van der Waals surface area (Å²) in [6, 6.07) is 20.9. The zero-order valence-electron chi connectivity index (χ0n) is 19.8. The Morgan fingerprint density at radius 2 is 1.71 bits per heavy atom. The Morgan fingerprint density at radius 1 is 0.943 bits per heavy atom. The highest BCUT2D eigenvalue weighted by Gasteiger charge is 2.18. The molecule has 0 unspecified atom stereocenters. The lowest BCUT2D eigenvalue weighted by Crippen LogP contribution is -2.18. The van der Waals surface area contributed by atoms with Crippen LogP contribution in [-0.4, -0.2) is 28.4 Å². The van der Waals surface area contributed by atoms with Gasteiger partial charge in [-0.2, -0.15) is 4.98 Å². The first-order valence-corrected chi connectivity index (χ1v) is 11.5. The maximum absolute atomic E-state index is 13.3. The molecular formula is C28H25N3O4. The van der Waals surface area contributed by atoms with Crippen LogP contribution in [0.15, 0.2) is 82.2 Å². The third kappa shape index (κ3) is 4.17. The van der Waals surface area contributed by atoms with Crippen molar-refractivity contribution in [2.75, 3.05) is 13.7 Å². The summed E-state index contributed by atoms with van der Waals surface area (Å²) in [6.45, 7) is 4.55. The first-order valence-electron chi connectivity index (χ1n) is 11.5. The van der Waals surface area contributed by atoms with Crippen molar-refractivity contribution in [2.24, 2.45) is 0 Å². The summed E-state index contributed by atoms with van der Waals surface area (Å²) in [5, 5.41) is 5.52. The molecule has 5 rings (SSSR count). The Labute approximate surface area is 202 Å². The number of pyridine rings is 1. The highest BCUT2D eigenvalue weighted by Crippen LogP contribution is 2.33. The molecule has 7 nitrogen and oxygen atoms in total. The molecule has 176 valence electrons. The van der Waals surface area contributed by atoms with E-state index in [-0.39, 0.29) is 5.56 Å². The van der Waals surface area contributed by atoms with Crippen molar-refractivity contribution in [3.05, 3.63) is 88.8 Å². The number of hydrogen-bond acceptors (Lipinski definition) is 6. The van der Waals surface area contributed by atoms with E-state index in [0.717, 1.165) is 23.1 Å². The lowest BCUT2D eigenvalue weighted by Gasteiger charge is -2.11. The third-order valence-corrected chi connectivity index (χ3v) is 5.93. The van der Waals surface area contributed by atoms with Crippen molar-refractivity contribution in [3.8, 4) is 40.0 Å². The molecule has 2 heterocycles. The fraction of sp³-hybridized carbons (Fsp3) is 0.179. The van der Waals surface area contributed by atoms with Gasteiger partial charge in [-0.1, -0.05) is 42.4 Å². The SMILES string of the molecule is CCOc1ccc(-c2noc(-c3cn(-c4ccc(CC)cc4)c(=O)c4ccccc34)n2)cc1OC. The van der Waals surface area contributed by atoms with Crippen LogP contribution >= 0.6 is 0 Å². The maximum atomic E-state index is 13.3. The monoisotopic (exact) mass is 467 g/mol. The number of aromatic nitrogens is 3. The lowest BCUT2D eigenvalue weighted by molar-refractivity contribution is 0.311. The molecule has 0 saturated heterocycles. The predicted molar refractivity (Wildman–Crippen MR) is 135 cm³/mol. The summed E-state index contributed by atoms with van der Waals surface area (Å²) < 4.78 is 18.4. The molecule has 0 saturated carbocycles. The van der Waals surface area contributed by atoms with E-state index >= 15 is 0 Å². The number of ether oxygens (including phenoxy) is 2. The van der Waals surface area contributed by atoms with Gasteiger partial charge in [0.1, 0.15) is 0 Å². The number of nitrogens with zero attached hydrogens (tertiary/aromatic N) is 3. The second-order valence-electron chi connectivity index (χ2n) is 8.01. The maximum Gasteiger partial charge on any atom is 0.262 e. The minimum Gasteiger partial charge on any atom is -0.493 e. The second-order valence-corrected chi connectivity index (χ2v) is 8.01. The fourth-order valence-corrected chi connectivity index (χ4v) is 4.08. The standard InChI is InChI=1S/C28H25N3O4/c1-4-18-10-13-20(14-11-18)31-17-23(21-8-6-7-9-22(21)28(31)32)27-29-26(30-35-27)19-12-15-24(34-5-2)25(16-19)33-3/h6-17H,4-5H2,1-3H3. The third-order valence-electron chi connectivity index (χ3n) is 5.93. The van der Waals surface area contributed by atoms with Crippen molar-refractivity contribution >= 4 is 10.8 Å². The van der Waals surface area contributed by atoms with Gasteiger partial charge < -0.3 is 14.0 Å². The van der Waals surface area contributed by atoms with E-state index in [1.807, 2.05) is 73.7 Å². The zero-order valence-corrected chi connectivity index (χ0v) is 19.8. The molecule has 0 spiro atoms. The summed E-state index contributed by atoms with van der Waals surface area (Å²) >= 11 is 0. The Bertz CT molecular complexity index is 1550. The minimum absolute atomic E-state index is 0.107. The normalized spacial score (nSPS) is 11.1. The summed E-state index contributed by atoms with van der Waals surface area (Å²) in [5.41, 5.74) is 3.28. The number of rotatable bonds is 7. The van der Waals surface area contributed by atoms with Crippen LogP contribution in [0.3, 0.4) is 0 Å². The smallest absolute Gasteiger partial charge is 0.262 e. The zero-order chi connectivity index (χ0) is 24.4. The second kappa shape index (κ2) is 9.46.